The van der Waals surface area contributed by atoms with Crippen LogP contribution >= 0.6 is 35.0 Å². The zero-order chi connectivity index (χ0) is 29.4. The third-order valence-electron chi connectivity index (χ3n) is 6.35. The molecular weight excluding hydrogens is 589 g/mol. The normalized spacial score (nSPS) is 12.1. The first kappa shape index (κ1) is 31.8. The minimum atomic E-state index is -4.15. The van der Waals surface area contributed by atoms with Crippen molar-refractivity contribution in [2.24, 2.45) is 0 Å². The number of hydrogen-bond acceptors (Lipinski definition) is 5. The molecule has 11 heteroatoms. The van der Waals surface area contributed by atoms with E-state index in [2.05, 4.69) is 5.32 Å². The van der Waals surface area contributed by atoms with Crippen LogP contribution in [-0.2, 0) is 26.2 Å². The van der Waals surface area contributed by atoms with Gasteiger partial charge in [-0.05, 0) is 75.1 Å². The van der Waals surface area contributed by atoms with Gasteiger partial charge in [-0.3, -0.25) is 13.9 Å². The van der Waals surface area contributed by atoms with Crippen molar-refractivity contribution in [1.29, 1.82) is 0 Å². The quantitative estimate of drug-likeness (QED) is 0.245. The molecular formula is C29H33Cl2N3O4S2. The number of nitrogens with one attached hydrogen (secondary N) is 1. The molecule has 0 aliphatic heterocycles. The third kappa shape index (κ3) is 7.72. The number of amides is 2. The highest BCUT2D eigenvalue weighted by atomic mass is 35.5. The van der Waals surface area contributed by atoms with E-state index in [9.17, 15) is 18.0 Å². The third-order valence-corrected chi connectivity index (χ3v) is 9.59. The number of hydrogen-bond donors (Lipinski definition) is 1. The van der Waals surface area contributed by atoms with Crippen LogP contribution in [0.25, 0.3) is 0 Å². The first-order chi connectivity index (χ1) is 19.0. The molecule has 0 fully saturated rings. The number of rotatable bonds is 12. The van der Waals surface area contributed by atoms with Crippen molar-refractivity contribution in [3.63, 3.8) is 0 Å². The Bertz CT molecular complexity index is 1410. The molecule has 3 rings (SSSR count). The number of sulfonamides is 1. The van der Waals surface area contributed by atoms with Gasteiger partial charge in [0.1, 0.15) is 12.6 Å². The molecule has 214 valence electrons. The topological polar surface area (TPSA) is 86.8 Å². The summed E-state index contributed by atoms with van der Waals surface area (Å²) in [4.78, 5) is 29.2. The summed E-state index contributed by atoms with van der Waals surface area (Å²) in [5.41, 5.74) is 1.73. The van der Waals surface area contributed by atoms with Crippen LogP contribution in [0.5, 0.6) is 0 Å². The molecule has 0 radical (unpaired) electrons. The first-order valence-electron chi connectivity index (χ1n) is 12.7. The van der Waals surface area contributed by atoms with Gasteiger partial charge in [0.2, 0.25) is 11.8 Å². The fourth-order valence-corrected chi connectivity index (χ4v) is 6.29. The molecule has 0 saturated heterocycles. The maximum Gasteiger partial charge on any atom is 0.264 e. The van der Waals surface area contributed by atoms with Crippen LogP contribution in [0.2, 0.25) is 10.0 Å². The molecule has 7 nitrogen and oxygen atoms in total. The Morgan fingerprint density at radius 2 is 1.57 bits per heavy atom. The molecule has 0 saturated carbocycles. The summed E-state index contributed by atoms with van der Waals surface area (Å²) in [5.74, 6) is -0.948. The number of aryl methyl sites for hydroxylation is 1. The number of carbonyl (C=O) groups excluding carboxylic acids is 2. The van der Waals surface area contributed by atoms with E-state index in [1.807, 2.05) is 20.1 Å². The summed E-state index contributed by atoms with van der Waals surface area (Å²) in [5, 5.41) is 3.48. The van der Waals surface area contributed by atoms with Crippen LogP contribution in [-0.4, -0.2) is 50.5 Å². The van der Waals surface area contributed by atoms with Crippen LogP contribution in [0.3, 0.4) is 0 Å². The number of anilines is 1. The predicted octanol–water partition coefficient (Wildman–Crippen LogP) is 6.16. The Labute approximate surface area is 250 Å². The van der Waals surface area contributed by atoms with Gasteiger partial charge in [0, 0.05) is 33.6 Å². The second-order valence-corrected chi connectivity index (χ2v) is 12.8. The summed E-state index contributed by atoms with van der Waals surface area (Å²) < 4.78 is 28.9. The molecule has 1 atom stereocenters. The van der Waals surface area contributed by atoms with Crippen molar-refractivity contribution in [1.82, 2.24) is 10.2 Å². The number of thioether (sulfide) groups is 1. The number of benzene rings is 3. The van der Waals surface area contributed by atoms with Crippen molar-refractivity contribution in [2.45, 2.75) is 49.6 Å². The van der Waals surface area contributed by atoms with E-state index in [0.29, 0.717) is 27.8 Å². The Balaban J connectivity index is 2.05. The van der Waals surface area contributed by atoms with E-state index in [-0.39, 0.29) is 17.3 Å². The average molecular weight is 623 g/mol. The lowest BCUT2D eigenvalue weighted by Crippen LogP contribution is -2.51. The Morgan fingerprint density at radius 3 is 2.12 bits per heavy atom. The molecule has 0 spiro atoms. The molecule has 0 unspecified atom stereocenters. The van der Waals surface area contributed by atoms with Gasteiger partial charge in [0.15, 0.2) is 0 Å². The maximum absolute atomic E-state index is 14.0. The molecule has 1 N–H and O–H groups in total. The lowest BCUT2D eigenvalue weighted by Gasteiger charge is -2.32. The van der Waals surface area contributed by atoms with E-state index in [1.165, 1.54) is 28.8 Å². The molecule has 0 aliphatic rings. The molecule has 0 aliphatic carbocycles. The Kier molecular flexibility index (Phi) is 11.3. The van der Waals surface area contributed by atoms with Crippen LogP contribution in [0.4, 0.5) is 5.69 Å². The van der Waals surface area contributed by atoms with Gasteiger partial charge in [-0.25, -0.2) is 8.42 Å². The van der Waals surface area contributed by atoms with Crippen LogP contribution in [0.15, 0.2) is 76.5 Å². The average Bonchev–Trinajstić information content (AvgIpc) is 2.94. The minimum Gasteiger partial charge on any atom is -0.354 e. The Morgan fingerprint density at radius 1 is 0.975 bits per heavy atom. The van der Waals surface area contributed by atoms with Gasteiger partial charge < -0.3 is 10.2 Å². The molecule has 3 aromatic carbocycles. The van der Waals surface area contributed by atoms with Gasteiger partial charge in [-0.1, -0.05) is 53.9 Å². The van der Waals surface area contributed by atoms with Crippen molar-refractivity contribution in [3.05, 3.63) is 87.9 Å². The van der Waals surface area contributed by atoms with E-state index in [0.717, 1.165) is 21.2 Å². The van der Waals surface area contributed by atoms with E-state index >= 15 is 0 Å². The first-order valence-corrected chi connectivity index (χ1v) is 16.1. The largest absolute Gasteiger partial charge is 0.354 e. The molecule has 3 aromatic rings. The molecule has 0 heterocycles. The second kappa shape index (κ2) is 14.3. The molecule has 0 aromatic heterocycles. The molecule has 40 heavy (non-hydrogen) atoms. The zero-order valence-corrected chi connectivity index (χ0v) is 26.0. The number of nitrogens with zero attached hydrogens (tertiary/aromatic N) is 2. The summed E-state index contributed by atoms with van der Waals surface area (Å²) >= 11 is 14.3. The van der Waals surface area contributed by atoms with Crippen LogP contribution in [0.1, 0.15) is 31.4 Å². The SMILES string of the molecule is CCCNC(=O)[C@@H](C)N(Cc1c(Cl)cccc1Cl)C(=O)CN(c1ccc(C)cc1)S(=O)(=O)c1ccc(SC)cc1. The predicted molar refractivity (Wildman–Crippen MR) is 164 cm³/mol. The van der Waals surface area contributed by atoms with Gasteiger partial charge in [-0.15, -0.1) is 11.8 Å². The van der Waals surface area contributed by atoms with Gasteiger partial charge >= 0.3 is 0 Å². The lowest BCUT2D eigenvalue weighted by atomic mass is 10.1. The van der Waals surface area contributed by atoms with Crippen molar-refractivity contribution < 1.29 is 18.0 Å². The zero-order valence-electron chi connectivity index (χ0n) is 22.9. The highest BCUT2D eigenvalue weighted by Crippen LogP contribution is 2.29. The standard InChI is InChI=1S/C29H33Cl2N3O4S2/c1-5-17-32-29(36)21(3)33(18-25-26(30)7-6-8-27(25)31)28(35)19-34(22-11-9-20(2)10-12-22)40(37,38)24-15-13-23(39-4)14-16-24/h6-16,21H,5,17-19H2,1-4H3,(H,32,36)/t21-/m1/s1. The lowest BCUT2D eigenvalue weighted by molar-refractivity contribution is -0.139. The van der Waals surface area contributed by atoms with Crippen molar-refractivity contribution >= 4 is 62.5 Å². The molecule has 0 bridgehead atoms. The highest BCUT2D eigenvalue weighted by Gasteiger charge is 2.33. The van der Waals surface area contributed by atoms with Crippen LogP contribution in [0, 0.1) is 6.92 Å². The number of carbonyl (C=O) groups is 2. The van der Waals surface area contributed by atoms with E-state index in [1.54, 1.807) is 61.5 Å². The van der Waals surface area contributed by atoms with E-state index in [4.69, 9.17) is 23.2 Å². The van der Waals surface area contributed by atoms with Crippen molar-refractivity contribution in [3.8, 4) is 0 Å². The van der Waals surface area contributed by atoms with Gasteiger partial charge in [0.05, 0.1) is 10.6 Å². The van der Waals surface area contributed by atoms with Gasteiger partial charge in [-0.2, -0.15) is 0 Å². The molecule has 2 amide bonds. The number of halogens is 2. The minimum absolute atomic E-state index is 0.0492. The fraction of sp³-hybridized carbons (Fsp3) is 0.310. The van der Waals surface area contributed by atoms with Gasteiger partial charge in [0.25, 0.3) is 10.0 Å². The Hall–Kier alpha value is -2.72. The van der Waals surface area contributed by atoms with E-state index < -0.39 is 28.5 Å². The fourth-order valence-electron chi connectivity index (χ4n) is 3.95. The summed E-state index contributed by atoms with van der Waals surface area (Å²) in [6.07, 6.45) is 2.62. The monoisotopic (exact) mass is 621 g/mol. The maximum atomic E-state index is 14.0. The smallest absolute Gasteiger partial charge is 0.264 e. The summed E-state index contributed by atoms with van der Waals surface area (Å²) in [6.45, 7) is 5.23. The highest BCUT2D eigenvalue weighted by molar-refractivity contribution is 7.98. The summed E-state index contributed by atoms with van der Waals surface area (Å²) in [6, 6.07) is 17.4. The van der Waals surface area contributed by atoms with Crippen LogP contribution < -0.4 is 9.62 Å². The van der Waals surface area contributed by atoms with Crippen molar-refractivity contribution in [2.75, 3.05) is 23.7 Å². The second-order valence-electron chi connectivity index (χ2n) is 9.21. The summed E-state index contributed by atoms with van der Waals surface area (Å²) in [7, 11) is -4.15.